The molecule has 0 atom stereocenters. The number of ether oxygens (including phenoxy) is 2. The summed E-state index contributed by atoms with van der Waals surface area (Å²) in [4.78, 5) is 20.9. The van der Waals surface area contributed by atoms with Crippen LogP contribution in [0.15, 0.2) is 18.2 Å². The summed E-state index contributed by atoms with van der Waals surface area (Å²) in [5.41, 5.74) is 1.49. The van der Waals surface area contributed by atoms with Gasteiger partial charge in [-0.3, -0.25) is 0 Å². The van der Waals surface area contributed by atoms with Crippen LogP contribution in [0.4, 0.5) is 4.79 Å². The van der Waals surface area contributed by atoms with Crippen molar-refractivity contribution in [2.75, 3.05) is 0 Å². The zero-order valence-corrected chi connectivity index (χ0v) is 19.7. The van der Waals surface area contributed by atoms with Crippen molar-refractivity contribution in [1.29, 1.82) is 5.26 Å². The lowest BCUT2D eigenvalue weighted by Crippen LogP contribution is -2.28. The third kappa shape index (κ3) is 5.01. The number of nitriles is 1. The SMILES string of the molecule is CCc1cc(/C=C/C#N)cc(Cl)c1Oc1nc(Cl)nc2nn(C(=O)OC(C)(C)C)c(C)c12. The van der Waals surface area contributed by atoms with Crippen LogP contribution in [-0.2, 0) is 11.2 Å². The molecule has 10 heteroatoms. The van der Waals surface area contributed by atoms with Gasteiger partial charge in [0.2, 0.25) is 11.2 Å². The summed E-state index contributed by atoms with van der Waals surface area (Å²) >= 11 is 12.6. The zero-order chi connectivity index (χ0) is 23.6. The van der Waals surface area contributed by atoms with E-state index < -0.39 is 11.7 Å². The van der Waals surface area contributed by atoms with Crippen molar-refractivity contribution in [2.45, 2.75) is 46.6 Å². The number of nitrogens with zero attached hydrogens (tertiary/aromatic N) is 5. The van der Waals surface area contributed by atoms with Crippen LogP contribution in [-0.4, -0.2) is 31.4 Å². The van der Waals surface area contributed by atoms with Crippen molar-refractivity contribution in [1.82, 2.24) is 19.7 Å². The summed E-state index contributed by atoms with van der Waals surface area (Å²) in [6, 6.07) is 5.50. The van der Waals surface area contributed by atoms with E-state index in [1.807, 2.05) is 19.1 Å². The summed E-state index contributed by atoms with van der Waals surface area (Å²) in [7, 11) is 0. The molecule has 2 heterocycles. The second kappa shape index (κ2) is 9.15. The van der Waals surface area contributed by atoms with Crippen molar-refractivity contribution in [3.8, 4) is 17.7 Å². The number of halogens is 2. The molecule has 0 spiro atoms. The molecule has 0 aliphatic rings. The molecule has 0 saturated heterocycles. The normalized spacial score (nSPS) is 11.7. The Morgan fingerprint density at radius 1 is 1.28 bits per heavy atom. The first-order valence-electron chi connectivity index (χ1n) is 9.76. The standard InChI is InChI=1S/C22H21Cl2N5O3/c1-6-14-10-13(8-7-9-25)11-15(23)17(14)31-19-16-12(2)29(21(30)32-22(3,4)5)28-18(16)26-20(24)27-19/h7-8,10-11H,6H2,1-5H3/b8-7+. The minimum absolute atomic E-state index is 0.0934. The number of carbonyl (C=O) groups excluding carboxylic acids is 1. The Bertz CT molecular complexity index is 1270. The molecule has 3 rings (SSSR count). The van der Waals surface area contributed by atoms with Crippen molar-refractivity contribution >= 4 is 46.4 Å². The number of rotatable bonds is 4. The molecule has 0 bridgehead atoms. The van der Waals surface area contributed by atoms with Crippen LogP contribution in [0.5, 0.6) is 11.6 Å². The molecular weight excluding hydrogens is 453 g/mol. The zero-order valence-electron chi connectivity index (χ0n) is 18.2. The highest BCUT2D eigenvalue weighted by Gasteiger charge is 2.25. The van der Waals surface area contributed by atoms with E-state index in [2.05, 4.69) is 15.1 Å². The number of hydrogen-bond acceptors (Lipinski definition) is 7. The fourth-order valence-corrected chi connectivity index (χ4v) is 3.44. The monoisotopic (exact) mass is 473 g/mol. The van der Waals surface area contributed by atoms with Crippen LogP contribution >= 0.6 is 23.2 Å². The van der Waals surface area contributed by atoms with Gasteiger partial charge in [0.25, 0.3) is 0 Å². The first kappa shape index (κ1) is 23.5. The molecule has 1 aromatic carbocycles. The Hall–Kier alpha value is -3.15. The molecule has 3 aromatic rings. The van der Waals surface area contributed by atoms with Crippen LogP contribution < -0.4 is 4.74 Å². The second-order valence-electron chi connectivity index (χ2n) is 7.88. The van der Waals surface area contributed by atoms with E-state index in [1.165, 1.54) is 6.08 Å². The van der Waals surface area contributed by atoms with Crippen LogP contribution in [0.2, 0.25) is 10.3 Å². The van der Waals surface area contributed by atoms with Gasteiger partial charge in [-0.05, 0) is 75.1 Å². The van der Waals surface area contributed by atoms with Crippen molar-refractivity contribution in [2.24, 2.45) is 0 Å². The lowest BCUT2D eigenvalue weighted by atomic mass is 10.1. The van der Waals surface area contributed by atoms with Gasteiger partial charge in [-0.15, -0.1) is 5.10 Å². The van der Waals surface area contributed by atoms with Gasteiger partial charge in [-0.25, -0.2) is 4.79 Å². The van der Waals surface area contributed by atoms with Crippen molar-refractivity contribution in [3.05, 3.63) is 45.3 Å². The summed E-state index contributed by atoms with van der Waals surface area (Å²) in [6.45, 7) is 8.92. The predicted molar refractivity (Wildman–Crippen MR) is 122 cm³/mol. The van der Waals surface area contributed by atoms with Gasteiger partial charge in [-0.1, -0.05) is 18.5 Å². The van der Waals surface area contributed by atoms with Gasteiger partial charge >= 0.3 is 6.09 Å². The maximum absolute atomic E-state index is 12.6. The number of allylic oxidation sites excluding steroid dienone is 1. The second-order valence-corrected chi connectivity index (χ2v) is 8.63. The first-order valence-corrected chi connectivity index (χ1v) is 10.5. The van der Waals surface area contributed by atoms with Crippen molar-refractivity contribution < 1.29 is 14.3 Å². The molecule has 0 amide bonds. The number of hydrogen-bond donors (Lipinski definition) is 0. The highest BCUT2D eigenvalue weighted by Crippen LogP contribution is 2.38. The quantitative estimate of drug-likeness (QED) is 0.332. The molecule has 0 radical (unpaired) electrons. The molecule has 0 fully saturated rings. The van der Waals surface area contributed by atoms with E-state index in [4.69, 9.17) is 37.9 Å². The number of aromatic nitrogens is 4. The summed E-state index contributed by atoms with van der Waals surface area (Å²) < 4.78 is 12.6. The van der Waals surface area contributed by atoms with Gasteiger partial charge in [0.1, 0.15) is 11.0 Å². The minimum atomic E-state index is -0.699. The van der Waals surface area contributed by atoms with E-state index in [9.17, 15) is 4.79 Å². The molecule has 8 nitrogen and oxygen atoms in total. The molecule has 166 valence electrons. The van der Waals surface area contributed by atoms with E-state index in [0.717, 1.165) is 15.8 Å². The van der Waals surface area contributed by atoms with Gasteiger partial charge in [0.05, 0.1) is 16.8 Å². The Labute approximate surface area is 195 Å². The van der Waals surface area contributed by atoms with Crippen LogP contribution in [0.3, 0.4) is 0 Å². The van der Waals surface area contributed by atoms with Crippen molar-refractivity contribution in [3.63, 3.8) is 0 Å². The smallest absolute Gasteiger partial charge is 0.435 e. The lowest BCUT2D eigenvalue weighted by Gasteiger charge is -2.19. The van der Waals surface area contributed by atoms with Crippen LogP contribution in [0, 0.1) is 18.3 Å². The van der Waals surface area contributed by atoms with Gasteiger partial charge < -0.3 is 9.47 Å². The maximum atomic E-state index is 12.6. The van der Waals surface area contributed by atoms with E-state index in [1.54, 1.807) is 39.8 Å². The van der Waals surface area contributed by atoms with Gasteiger partial charge in [0, 0.05) is 6.08 Å². The highest BCUT2D eigenvalue weighted by molar-refractivity contribution is 6.32. The largest absolute Gasteiger partial charge is 0.442 e. The summed E-state index contributed by atoms with van der Waals surface area (Å²) in [6.07, 6.45) is 2.98. The maximum Gasteiger partial charge on any atom is 0.435 e. The Morgan fingerprint density at radius 3 is 2.62 bits per heavy atom. The first-order chi connectivity index (χ1) is 15.0. The number of fused-ring (bicyclic) bond motifs is 1. The topological polar surface area (TPSA) is 103 Å². The summed E-state index contributed by atoms with van der Waals surface area (Å²) in [5, 5.41) is 13.6. The molecule has 0 unspecified atom stereocenters. The molecule has 2 aromatic heterocycles. The van der Waals surface area contributed by atoms with Gasteiger partial charge in [-0.2, -0.15) is 19.9 Å². The lowest BCUT2D eigenvalue weighted by molar-refractivity contribution is 0.0512. The molecule has 0 aliphatic heterocycles. The third-order valence-corrected chi connectivity index (χ3v) is 4.79. The fraction of sp³-hybridized carbons (Fsp3) is 0.318. The van der Waals surface area contributed by atoms with E-state index in [-0.39, 0.29) is 16.8 Å². The Kier molecular flexibility index (Phi) is 6.72. The average molecular weight is 474 g/mol. The third-order valence-electron chi connectivity index (χ3n) is 4.34. The minimum Gasteiger partial charge on any atom is -0.442 e. The molecular formula is C22H21Cl2N5O3. The van der Waals surface area contributed by atoms with Crippen LogP contribution in [0.25, 0.3) is 17.1 Å². The average Bonchev–Trinajstić information content (AvgIpc) is 3.03. The van der Waals surface area contributed by atoms with E-state index >= 15 is 0 Å². The highest BCUT2D eigenvalue weighted by atomic mass is 35.5. The fourth-order valence-electron chi connectivity index (χ4n) is 3.00. The number of aryl methyl sites for hydroxylation is 2. The number of benzene rings is 1. The predicted octanol–water partition coefficient (Wildman–Crippen LogP) is 6.12. The van der Waals surface area contributed by atoms with E-state index in [0.29, 0.717) is 28.3 Å². The molecule has 0 N–H and O–H groups in total. The molecule has 32 heavy (non-hydrogen) atoms. The Morgan fingerprint density at radius 2 is 2.00 bits per heavy atom. The summed E-state index contributed by atoms with van der Waals surface area (Å²) in [5.74, 6) is 0.507. The number of carbonyl (C=O) groups is 1. The Balaban J connectivity index is 2.11. The van der Waals surface area contributed by atoms with Crippen LogP contribution in [0.1, 0.15) is 44.5 Å². The van der Waals surface area contributed by atoms with Gasteiger partial charge in [0.15, 0.2) is 11.4 Å². The molecule has 0 aliphatic carbocycles. The molecule has 0 saturated carbocycles.